The van der Waals surface area contributed by atoms with Gasteiger partial charge in [-0.05, 0) is 72.4 Å². The second-order valence-corrected chi connectivity index (χ2v) is 18.6. The van der Waals surface area contributed by atoms with Crippen LogP contribution in [0.3, 0.4) is 0 Å². The molecule has 0 radical (unpaired) electrons. The van der Waals surface area contributed by atoms with Crippen LogP contribution in [0.25, 0.3) is 5.57 Å². The zero-order valence-electron chi connectivity index (χ0n) is 28.5. The van der Waals surface area contributed by atoms with Crippen LogP contribution in [0.15, 0.2) is 78.4 Å². The maximum Gasteiger partial charge on any atom is 0.410 e. The fraction of sp³-hybridized carbons (Fsp3) is 0.405. The van der Waals surface area contributed by atoms with E-state index in [0.717, 1.165) is 16.7 Å². The molecule has 48 heavy (non-hydrogen) atoms. The lowest BCUT2D eigenvalue weighted by atomic mass is 9.88. The van der Waals surface area contributed by atoms with Crippen LogP contribution in [-0.2, 0) is 25.3 Å². The van der Waals surface area contributed by atoms with Gasteiger partial charge in [-0.25, -0.2) is 9.59 Å². The van der Waals surface area contributed by atoms with E-state index in [1.807, 2.05) is 54.6 Å². The van der Waals surface area contributed by atoms with Crippen LogP contribution in [-0.4, -0.2) is 64.3 Å². The summed E-state index contributed by atoms with van der Waals surface area (Å²) in [6.45, 7) is 13.8. The van der Waals surface area contributed by atoms with Gasteiger partial charge in [0.2, 0.25) is 0 Å². The lowest BCUT2D eigenvalue weighted by Gasteiger charge is -2.41. The molecule has 3 aromatic carbocycles. The molecule has 0 spiro atoms. The van der Waals surface area contributed by atoms with Gasteiger partial charge >= 0.3 is 12.1 Å². The van der Waals surface area contributed by atoms with E-state index in [-0.39, 0.29) is 38.1 Å². The molecule has 0 aromatic heterocycles. The number of para-hydroxylation sites is 1. The van der Waals surface area contributed by atoms with Gasteiger partial charge < -0.3 is 23.4 Å². The third-order valence-electron chi connectivity index (χ3n) is 8.70. The van der Waals surface area contributed by atoms with Crippen molar-refractivity contribution >= 4 is 49.2 Å². The average molecular weight is 715 g/mol. The van der Waals surface area contributed by atoms with Gasteiger partial charge in [0, 0.05) is 6.54 Å². The zero-order chi connectivity index (χ0) is 34.9. The topological polar surface area (TPSA) is 83.5 Å². The van der Waals surface area contributed by atoms with Crippen molar-refractivity contribution < 1.29 is 33.0 Å². The van der Waals surface area contributed by atoms with E-state index >= 15 is 0 Å². The first-order chi connectivity index (χ1) is 22.8. The van der Waals surface area contributed by atoms with Crippen molar-refractivity contribution in [3.63, 3.8) is 0 Å². The Morgan fingerprint density at radius 3 is 2.15 bits per heavy atom. The Labute approximate surface area is 295 Å². The molecule has 0 N–H and O–H groups in total. The Hall–Kier alpha value is -3.50. The van der Waals surface area contributed by atoms with Gasteiger partial charge in [0.05, 0.1) is 34.9 Å². The van der Waals surface area contributed by atoms with Gasteiger partial charge in [-0.2, -0.15) is 0 Å². The molecule has 0 fully saturated rings. The van der Waals surface area contributed by atoms with Crippen molar-refractivity contribution in [2.45, 2.75) is 64.9 Å². The molecule has 1 aliphatic heterocycles. The van der Waals surface area contributed by atoms with Crippen molar-refractivity contribution in [2.24, 2.45) is 0 Å². The van der Waals surface area contributed by atoms with Crippen molar-refractivity contribution in [1.29, 1.82) is 0 Å². The molecule has 1 heterocycles. The summed E-state index contributed by atoms with van der Waals surface area (Å²) in [6, 6.07) is 21.5. The van der Waals surface area contributed by atoms with Crippen LogP contribution in [0.4, 0.5) is 4.79 Å². The first-order valence-electron chi connectivity index (χ1n) is 16.1. The van der Waals surface area contributed by atoms with Gasteiger partial charge in [-0.3, -0.25) is 4.90 Å². The number of hydrogen-bond acceptors (Lipinski definition) is 7. The quantitative estimate of drug-likeness (QED) is 0.0992. The standard InChI is InChI=1S/C37H45Cl2NO7Si/c1-7-43-35(41)33-29(27-16-18-28(19-17-27)44-22-23-45-34-30(38)14-11-15-31(34)39)20-21-40(32(33)25-47-48(5,6)37(2,3)4)36(42)46-24-26-12-9-8-10-13-26/h8-19,32H,7,20-25H2,1-6H3. The number of hydrogen-bond donors (Lipinski definition) is 0. The first kappa shape index (κ1) is 37.3. The number of esters is 1. The molecule has 0 saturated heterocycles. The summed E-state index contributed by atoms with van der Waals surface area (Å²) >= 11 is 12.4. The number of halogens is 2. The number of ether oxygens (including phenoxy) is 4. The Morgan fingerprint density at radius 1 is 0.875 bits per heavy atom. The summed E-state index contributed by atoms with van der Waals surface area (Å²) < 4.78 is 29.6. The van der Waals surface area contributed by atoms with Crippen LogP contribution in [0.2, 0.25) is 28.2 Å². The third-order valence-corrected chi connectivity index (χ3v) is 13.8. The smallest absolute Gasteiger partial charge is 0.410 e. The highest BCUT2D eigenvalue weighted by Gasteiger charge is 2.42. The molecule has 0 aliphatic carbocycles. The molecule has 3 aromatic rings. The van der Waals surface area contributed by atoms with E-state index in [1.54, 1.807) is 30.0 Å². The number of benzene rings is 3. The minimum Gasteiger partial charge on any atom is -0.490 e. The Bertz CT molecular complexity index is 1550. The summed E-state index contributed by atoms with van der Waals surface area (Å²) in [6.07, 6.45) is -0.0785. The van der Waals surface area contributed by atoms with E-state index in [9.17, 15) is 9.59 Å². The van der Waals surface area contributed by atoms with Crippen molar-refractivity contribution in [1.82, 2.24) is 4.90 Å². The molecule has 1 unspecified atom stereocenters. The van der Waals surface area contributed by atoms with Crippen molar-refractivity contribution in [3.05, 3.63) is 99.5 Å². The molecule has 0 bridgehead atoms. The molecular weight excluding hydrogens is 669 g/mol. The SMILES string of the molecule is CCOC(=O)C1=C(c2ccc(OCCOc3c(Cl)cccc3Cl)cc2)CCN(C(=O)OCc2ccccc2)C1CO[Si](C)(C)C(C)(C)C. The lowest BCUT2D eigenvalue weighted by Crippen LogP contribution is -2.52. The van der Waals surface area contributed by atoms with Crippen LogP contribution < -0.4 is 9.47 Å². The highest BCUT2D eigenvalue weighted by Crippen LogP contribution is 2.39. The van der Waals surface area contributed by atoms with E-state index in [2.05, 4.69) is 33.9 Å². The van der Waals surface area contributed by atoms with Gasteiger partial charge in [0.25, 0.3) is 0 Å². The predicted octanol–water partition coefficient (Wildman–Crippen LogP) is 9.20. The predicted molar refractivity (Wildman–Crippen MR) is 192 cm³/mol. The van der Waals surface area contributed by atoms with Gasteiger partial charge in [0.1, 0.15) is 25.6 Å². The molecule has 8 nitrogen and oxygen atoms in total. The molecule has 0 saturated carbocycles. The monoisotopic (exact) mass is 713 g/mol. The van der Waals surface area contributed by atoms with Crippen LogP contribution in [0, 0.1) is 0 Å². The Morgan fingerprint density at radius 2 is 1.52 bits per heavy atom. The number of nitrogens with zero attached hydrogens (tertiary/aromatic N) is 1. The largest absolute Gasteiger partial charge is 0.490 e. The second-order valence-electron chi connectivity index (χ2n) is 13.0. The van der Waals surface area contributed by atoms with Gasteiger partial charge in [-0.1, -0.05) is 92.5 Å². The molecular formula is C37H45Cl2NO7Si. The Kier molecular flexibility index (Phi) is 13.0. The summed E-state index contributed by atoms with van der Waals surface area (Å²) in [5.74, 6) is 0.568. The second kappa shape index (κ2) is 16.7. The maximum atomic E-state index is 13.7. The minimum absolute atomic E-state index is 0.0720. The molecule has 1 amide bonds. The summed E-state index contributed by atoms with van der Waals surface area (Å²) in [5.41, 5.74) is 2.91. The van der Waals surface area contributed by atoms with Crippen LogP contribution in [0.1, 0.15) is 45.2 Å². The number of rotatable bonds is 13. The summed E-state index contributed by atoms with van der Waals surface area (Å²) in [4.78, 5) is 28.9. The third kappa shape index (κ3) is 9.56. The van der Waals surface area contributed by atoms with Crippen molar-refractivity contribution in [3.8, 4) is 11.5 Å². The first-order valence-corrected chi connectivity index (χ1v) is 19.8. The summed E-state index contributed by atoms with van der Waals surface area (Å²) in [5, 5.41) is 0.791. The fourth-order valence-electron chi connectivity index (χ4n) is 5.02. The Balaban J connectivity index is 1.58. The van der Waals surface area contributed by atoms with Crippen molar-refractivity contribution in [2.75, 3.05) is 33.0 Å². The van der Waals surface area contributed by atoms with Crippen LogP contribution in [0.5, 0.6) is 11.5 Å². The average Bonchev–Trinajstić information content (AvgIpc) is 3.05. The van der Waals surface area contributed by atoms with Gasteiger partial charge in [0.15, 0.2) is 14.1 Å². The molecule has 4 rings (SSSR count). The zero-order valence-corrected chi connectivity index (χ0v) is 31.0. The normalized spacial score (nSPS) is 15.2. The van der Waals surface area contributed by atoms with E-state index in [0.29, 0.717) is 40.1 Å². The molecule has 258 valence electrons. The maximum absolute atomic E-state index is 13.7. The van der Waals surface area contributed by atoms with Crippen LogP contribution >= 0.6 is 23.2 Å². The van der Waals surface area contributed by atoms with E-state index in [1.165, 1.54) is 0 Å². The molecule has 1 atom stereocenters. The molecule has 11 heteroatoms. The number of amides is 1. The highest BCUT2D eigenvalue weighted by molar-refractivity contribution is 6.74. The summed E-state index contributed by atoms with van der Waals surface area (Å²) in [7, 11) is -2.26. The number of carbonyl (C=O) groups excluding carboxylic acids is 2. The van der Waals surface area contributed by atoms with E-state index < -0.39 is 26.4 Å². The van der Waals surface area contributed by atoms with E-state index in [4.69, 9.17) is 46.6 Å². The highest BCUT2D eigenvalue weighted by atomic mass is 35.5. The molecule has 1 aliphatic rings. The minimum atomic E-state index is -2.26. The van der Waals surface area contributed by atoms with Gasteiger partial charge in [-0.15, -0.1) is 0 Å². The fourth-order valence-corrected chi connectivity index (χ4v) is 6.54. The number of carbonyl (C=O) groups is 2. The lowest BCUT2D eigenvalue weighted by molar-refractivity contribution is -0.139.